The first-order valence-electron chi connectivity index (χ1n) is 7.21. The van der Waals surface area contributed by atoms with E-state index in [4.69, 9.17) is 11.6 Å². The van der Waals surface area contributed by atoms with Gasteiger partial charge in [0.05, 0.1) is 0 Å². The molecule has 2 aromatic rings. The molecule has 1 nitrogen and oxygen atoms in total. The summed E-state index contributed by atoms with van der Waals surface area (Å²) in [5.41, 5.74) is 3.76. The Bertz CT molecular complexity index is 514. The molecule has 2 rings (SSSR count). The van der Waals surface area contributed by atoms with Crippen LogP contribution in [-0.4, -0.2) is 6.54 Å². The largest absolute Gasteiger partial charge is 0.313 e. The maximum absolute atomic E-state index is 5.91. The van der Waals surface area contributed by atoms with Gasteiger partial charge in [-0.1, -0.05) is 61.8 Å². The molecule has 2 heteroatoms. The van der Waals surface area contributed by atoms with Gasteiger partial charge < -0.3 is 5.32 Å². The van der Waals surface area contributed by atoms with Crippen LogP contribution in [0.1, 0.15) is 25.8 Å². The highest BCUT2D eigenvalue weighted by Crippen LogP contribution is 2.21. The lowest BCUT2D eigenvalue weighted by Crippen LogP contribution is -2.16. The first-order valence-corrected chi connectivity index (χ1v) is 7.58. The maximum atomic E-state index is 5.91. The molecule has 0 fully saturated rings. The van der Waals surface area contributed by atoms with Crippen LogP contribution in [0.3, 0.4) is 0 Å². The third-order valence-corrected chi connectivity index (χ3v) is 3.61. The van der Waals surface area contributed by atoms with Crippen molar-refractivity contribution in [2.24, 2.45) is 5.92 Å². The lowest BCUT2D eigenvalue weighted by Gasteiger charge is -2.08. The molecule has 0 radical (unpaired) electrons. The minimum Gasteiger partial charge on any atom is -0.313 e. The summed E-state index contributed by atoms with van der Waals surface area (Å²) in [6.45, 7) is 6.52. The van der Waals surface area contributed by atoms with Crippen LogP contribution >= 0.6 is 11.6 Å². The quantitative estimate of drug-likeness (QED) is 0.725. The van der Waals surface area contributed by atoms with Gasteiger partial charge in [-0.25, -0.2) is 0 Å². The Balaban J connectivity index is 1.91. The van der Waals surface area contributed by atoms with Crippen LogP contribution in [0.15, 0.2) is 48.5 Å². The Morgan fingerprint density at radius 1 is 0.900 bits per heavy atom. The third kappa shape index (κ3) is 4.66. The predicted octanol–water partition coefficient (Wildman–Crippen LogP) is 5.14. The van der Waals surface area contributed by atoms with Crippen LogP contribution in [0.4, 0.5) is 0 Å². The van der Waals surface area contributed by atoms with Crippen molar-refractivity contribution in [3.05, 3.63) is 59.1 Å². The molecule has 0 spiro atoms. The number of rotatable bonds is 6. The lowest BCUT2D eigenvalue weighted by atomic mass is 10.0. The van der Waals surface area contributed by atoms with E-state index in [-0.39, 0.29) is 0 Å². The van der Waals surface area contributed by atoms with Gasteiger partial charge in [0.25, 0.3) is 0 Å². The fourth-order valence-corrected chi connectivity index (χ4v) is 2.21. The minimum absolute atomic E-state index is 0.759. The van der Waals surface area contributed by atoms with E-state index in [0.29, 0.717) is 0 Å². The molecule has 0 unspecified atom stereocenters. The van der Waals surface area contributed by atoms with Crippen molar-refractivity contribution in [2.45, 2.75) is 26.8 Å². The average molecular weight is 288 g/mol. The molecule has 0 aliphatic rings. The third-order valence-electron chi connectivity index (χ3n) is 3.36. The normalized spacial score (nSPS) is 11.0. The number of halogens is 1. The minimum atomic E-state index is 0.759. The zero-order valence-corrected chi connectivity index (χ0v) is 13.0. The standard InChI is InChI=1S/C18H22ClN/c1-14(2)11-12-20-13-15-3-5-16(6-4-15)17-7-9-18(19)10-8-17/h3-10,14,20H,11-13H2,1-2H3. The summed E-state index contributed by atoms with van der Waals surface area (Å²) in [5, 5.41) is 4.26. The van der Waals surface area contributed by atoms with E-state index in [1.165, 1.54) is 23.1 Å². The smallest absolute Gasteiger partial charge is 0.0406 e. The van der Waals surface area contributed by atoms with Gasteiger partial charge in [-0.2, -0.15) is 0 Å². The van der Waals surface area contributed by atoms with Crippen LogP contribution in [0, 0.1) is 5.92 Å². The number of benzene rings is 2. The summed E-state index contributed by atoms with van der Waals surface area (Å²) in [4.78, 5) is 0. The highest BCUT2D eigenvalue weighted by atomic mass is 35.5. The maximum Gasteiger partial charge on any atom is 0.0406 e. The van der Waals surface area contributed by atoms with Gasteiger partial charge in [-0.05, 0) is 47.7 Å². The first kappa shape index (κ1) is 15.1. The second-order valence-electron chi connectivity index (χ2n) is 5.56. The predicted molar refractivity (Wildman–Crippen MR) is 88.0 cm³/mol. The number of hydrogen-bond acceptors (Lipinski definition) is 1. The summed E-state index contributed by atoms with van der Waals surface area (Å²) in [7, 11) is 0. The van der Waals surface area contributed by atoms with Crippen molar-refractivity contribution < 1.29 is 0 Å². The van der Waals surface area contributed by atoms with Gasteiger partial charge in [0, 0.05) is 11.6 Å². The molecule has 20 heavy (non-hydrogen) atoms. The zero-order chi connectivity index (χ0) is 14.4. The van der Waals surface area contributed by atoms with Crippen LogP contribution in [0.5, 0.6) is 0 Å². The molecule has 2 aromatic carbocycles. The van der Waals surface area contributed by atoms with Gasteiger partial charge in [0.15, 0.2) is 0 Å². The van der Waals surface area contributed by atoms with Crippen molar-refractivity contribution in [1.82, 2.24) is 5.32 Å². The monoisotopic (exact) mass is 287 g/mol. The molecule has 0 aliphatic heterocycles. The Hall–Kier alpha value is -1.31. The van der Waals surface area contributed by atoms with Gasteiger partial charge in [0.1, 0.15) is 0 Å². The van der Waals surface area contributed by atoms with Crippen molar-refractivity contribution in [1.29, 1.82) is 0 Å². The summed E-state index contributed by atoms with van der Waals surface area (Å²) < 4.78 is 0. The van der Waals surface area contributed by atoms with Crippen LogP contribution in [0.2, 0.25) is 5.02 Å². The van der Waals surface area contributed by atoms with E-state index in [1.54, 1.807) is 0 Å². The Morgan fingerprint density at radius 2 is 1.45 bits per heavy atom. The van der Waals surface area contributed by atoms with Gasteiger partial charge >= 0.3 is 0 Å². The molecular formula is C18H22ClN. The lowest BCUT2D eigenvalue weighted by molar-refractivity contribution is 0.537. The summed E-state index contributed by atoms with van der Waals surface area (Å²) >= 11 is 5.91. The summed E-state index contributed by atoms with van der Waals surface area (Å²) in [5.74, 6) is 0.759. The SMILES string of the molecule is CC(C)CCNCc1ccc(-c2ccc(Cl)cc2)cc1. The molecule has 0 aromatic heterocycles. The molecule has 0 heterocycles. The topological polar surface area (TPSA) is 12.0 Å². The molecule has 0 saturated carbocycles. The molecule has 0 saturated heterocycles. The van der Waals surface area contributed by atoms with E-state index >= 15 is 0 Å². The van der Waals surface area contributed by atoms with Crippen molar-refractivity contribution in [3.63, 3.8) is 0 Å². The molecule has 0 atom stereocenters. The van der Waals surface area contributed by atoms with Gasteiger partial charge in [0.2, 0.25) is 0 Å². The summed E-state index contributed by atoms with van der Waals surface area (Å²) in [6.07, 6.45) is 1.23. The summed E-state index contributed by atoms with van der Waals surface area (Å²) in [6, 6.07) is 16.7. The van der Waals surface area contributed by atoms with Gasteiger partial charge in [-0.15, -0.1) is 0 Å². The fourth-order valence-electron chi connectivity index (χ4n) is 2.08. The van der Waals surface area contributed by atoms with E-state index in [9.17, 15) is 0 Å². The van der Waals surface area contributed by atoms with Crippen LogP contribution < -0.4 is 5.32 Å². The number of nitrogens with one attached hydrogen (secondary N) is 1. The average Bonchev–Trinajstić information content (AvgIpc) is 2.45. The fraction of sp³-hybridized carbons (Fsp3) is 0.333. The molecular weight excluding hydrogens is 266 g/mol. The highest BCUT2D eigenvalue weighted by molar-refractivity contribution is 6.30. The van der Waals surface area contributed by atoms with E-state index in [2.05, 4.69) is 55.6 Å². The molecule has 0 amide bonds. The molecule has 0 bridgehead atoms. The van der Waals surface area contributed by atoms with E-state index in [1.807, 2.05) is 12.1 Å². The van der Waals surface area contributed by atoms with Gasteiger partial charge in [-0.3, -0.25) is 0 Å². The van der Waals surface area contributed by atoms with Crippen LogP contribution in [0.25, 0.3) is 11.1 Å². The second kappa shape index (κ2) is 7.47. The van der Waals surface area contributed by atoms with Crippen LogP contribution in [-0.2, 0) is 6.54 Å². The van der Waals surface area contributed by atoms with Crippen molar-refractivity contribution in [3.8, 4) is 11.1 Å². The molecule has 0 aliphatic carbocycles. The van der Waals surface area contributed by atoms with E-state index in [0.717, 1.165) is 24.0 Å². The first-order chi connectivity index (χ1) is 9.65. The zero-order valence-electron chi connectivity index (χ0n) is 12.2. The van der Waals surface area contributed by atoms with E-state index < -0.39 is 0 Å². The second-order valence-corrected chi connectivity index (χ2v) is 6.00. The Morgan fingerprint density at radius 3 is 2.00 bits per heavy atom. The van der Waals surface area contributed by atoms with Crippen molar-refractivity contribution >= 4 is 11.6 Å². The highest BCUT2D eigenvalue weighted by Gasteiger charge is 1.99. The Kier molecular flexibility index (Phi) is 5.63. The molecule has 1 N–H and O–H groups in total. The Labute approximate surface area is 127 Å². The molecule has 106 valence electrons. The number of hydrogen-bond donors (Lipinski definition) is 1. The van der Waals surface area contributed by atoms with Crippen molar-refractivity contribution in [2.75, 3.05) is 6.54 Å².